The Labute approximate surface area is 142 Å². The van der Waals surface area contributed by atoms with Gasteiger partial charge in [0.15, 0.2) is 5.78 Å². The zero-order valence-electron chi connectivity index (χ0n) is 14.0. The van der Waals surface area contributed by atoms with Crippen LogP contribution in [0, 0.1) is 0 Å². The molecule has 0 amide bonds. The third kappa shape index (κ3) is 4.38. The minimum atomic E-state index is -0.332. The topological polar surface area (TPSA) is 55.7 Å². The van der Waals surface area contributed by atoms with E-state index in [-0.39, 0.29) is 17.1 Å². The molecule has 0 saturated carbocycles. The average Bonchev–Trinajstić information content (AvgIpc) is 2.77. The molecule has 0 unspecified atom stereocenters. The summed E-state index contributed by atoms with van der Waals surface area (Å²) in [7, 11) is 0. The van der Waals surface area contributed by atoms with E-state index in [0.29, 0.717) is 31.0 Å². The summed E-state index contributed by atoms with van der Waals surface area (Å²) >= 11 is 0. The summed E-state index contributed by atoms with van der Waals surface area (Å²) in [6.45, 7) is 4.84. The molecule has 1 aromatic carbocycles. The Bertz CT molecular complexity index is 739. The SMILES string of the molecule is CCN=C1CC=CC=C(C(=O)/C=C/c2ccccc2OCC)C1=O. The highest BCUT2D eigenvalue weighted by Crippen LogP contribution is 2.20. The second-order valence-electron chi connectivity index (χ2n) is 5.13. The number of hydrogen-bond donors (Lipinski definition) is 0. The normalized spacial score (nSPS) is 16.3. The Kier molecular flexibility index (Phi) is 6.43. The molecule has 0 heterocycles. The van der Waals surface area contributed by atoms with Crippen molar-refractivity contribution >= 4 is 23.4 Å². The van der Waals surface area contributed by atoms with Gasteiger partial charge in [-0.2, -0.15) is 0 Å². The van der Waals surface area contributed by atoms with Gasteiger partial charge in [-0.15, -0.1) is 0 Å². The van der Waals surface area contributed by atoms with Crippen molar-refractivity contribution in [1.82, 2.24) is 0 Å². The summed E-state index contributed by atoms with van der Waals surface area (Å²) in [4.78, 5) is 29.1. The predicted molar refractivity (Wildman–Crippen MR) is 96.5 cm³/mol. The van der Waals surface area contributed by atoms with Crippen molar-refractivity contribution in [2.24, 2.45) is 4.99 Å². The zero-order valence-corrected chi connectivity index (χ0v) is 14.0. The highest BCUT2D eigenvalue weighted by Gasteiger charge is 2.21. The second kappa shape index (κ2) is 8.77. The van der Waals surface area contributed by atoms with Gasteiger partial charge in [0.25, 0.3) is 0 Å². The summed E-state index contributed by atoms with van der Waals surface area (Å²) in [5, 5.41) is 0. The molecule has 0 radical (unpaired) electrons. The number of rotatable bonds is 6. The Morgan fingerprint density at radius 3 is 2.83 bits per heavy atom. The molecule has 0 fully saturated rings. The number of carbonyl (C=O) groups is 2. The Morgan fingerprint density at radius 1 is 1.29 bits per heavy atom. The van der Waals surface area contributed by atoms with Gasteiger partial charge in [-0.1, -0.05) is 30.4 Å². The summed E-state index contributed by atoms with van der Waals surface area (Å²) < 4.78 is 5.53. The fourth-order valence-electron chi connectivity index (χ4n) is 2.35. The third-order valence-corrected chi connectivity index (χ3v) is 3.46. The van der Waals surface area contributed by atoms with Crippen molar-refractivity contribution in [2.75, 3.05) is 13.2 Å². The number of ether oxygens (including phenoxy) is 1. The van der Waals surface area contributed by atoms with E-state index in [0.717, 1.165) is 5.56 Å². The number of benzene rings is 1. The van der Waals surface area contributed by atoms with E-state index in [1.807, 2.05) is 44.2 Å². The van der Waals surface area contributed by atoms with E-state index < -0.39 is 0 Å². The van der Waals surface area contributed by atoms with Crippen LogP contribution < -0.4 is 4.74 Å². The van der Waals surface area contributed by atoms with Gasteiger partial charge >= 0.3 is 0 Å². The summed E-state index contributed by atoms with van der Waals surface area (Å²) in [6.07, 6.45) is 8.65. The minimum Gasteiger partial charge on any atom is -0.493 e. The fraction of sp³-hybridized carbons (Fsp3) is 0.250. The second-order valence-corrected chi connectivity index (χ2v) is 5.13. The van der Waals surface area contributed by atoms with Gasteiger partial charge in [-0.05, 0) is 38.1 Å². The Hall–Kier alpha value is -2.75. The van der Waals surface area contributed by atoms with Crippen LogP contribution in [0.4, 0.5) is 0 Å². The van der Waals surface area contributed by atoms with Crippen LogP contribution in [0.25, 0.3) is 6.08 Å². The monoisotopic (exact) mass is 323 g/mol. The van der Waals surface area contributed by atoms with E-state index in [1.54, 1.807) is 18.2 Å². The number of aliphatic imine (C=N–C) groups is 1. The van der Waals surface area contributed by atoms with Crippen LogP contribution in [0.1, 0.15) is 25.8 Å². The van der Waals surface area contributed by atoms with Crippen LogP contribution >= 0.6 is 0 Å². The lowest BCUT2D eigenvalue weighted by Crippen LogP contribution is -2.20. The molecule has 2 rings (SSSR count). The fourth-order valence-corrected chi connectivity index (χ4v) is 2.35. The third-order valence-electron chi connectivity index (χ3n) is 3.46. The Morgan fingerprint density at radius 2 is 2.08 bits per heavy atom. The maximum atomic E-state index is 12.4. The van der Waals surface area contributed by atoms with Crippen LogP contribution in [0.3, 0.4) is 0 Å². The number of ketones is 2. The molecule has 0 N–H and O–H groups in total. The summed E-state index contributed by atoms with van der Waals surface area (Å²) in [5.74, 6) is 0.0783. The molecule has 1 aromatic rings. The van der Waals surface area contributed by atoms with Crippen molar-refractivity contribution in [2.45, 2.75) is 20.3 Å². The van der Waals surface area contributed by atoms with E-state index in [4.69, 9.17) is 4.74 Å². The molecule has 0 bridgehead atoms. The van der Waals surface area contributed by atoms with Crippen LogP contribution in [-0.2, 0) is 9.59 Å². The first kappa shape index (κ1) is 17.6. The van der Waals surface area contributed by atoms with E-state index in [9.17, 15) is 9.59 Å². The number of para-hydroxylation sites is 1. The molecule has 0 aliphatic heterocycles. The van der Waals surface area contributed by atoms with Gasteiger partial charge in [0.1, 0.15) is 5.75 Å². The van der Waals surface area contributed by atoms with Crippen molar-refractivity contribution in [3.8, 4) is 5.75 Å². The van der Waals surface area contributed by atoms with Gasteiger partial charge in [0.05, 0.1) is 17.9 Å². The van der Waals surface area contributed by atoms with Crippen LogP contribution in [0.15, 0.2) is 59.1 Å². The minimum absolute atomic E-state index is 0.140. The molecular formula is C20H21NO3. The smallest absolute Gasteiger partial charge is 0.210 e. The van der Waals surface area contributed by atoms with E-state index in [1.165, 1.54) is 6.08 Å². The number of Topliss-reactive ketones (excluding diaryl/α,β-unsaturated/α-hetero) is 1. The predicted octanol–water partition coefficient (Wildman–Crippen LogP) is 3.58. The Balaban J connectivity index is 2.23. The number of allylic oxidation sites excluding steroid dienone is 5. The molecule has 24 heavy (non-hydrogen) atoms. The molecule has 0 saturated heterocycles. The first-order valence-corrected chi connectivity index (χ1v) is 8.06. The van der Waals surface area contributed by atoms with Gasteiger partial charge < -0.3 is 4.74 Å². The van der Waals surface area contributed by atoms with Crippen molar-refractivity contribution in [3.05, 3.63) is 59.7 Å². The molecular weight excluding hydrogens is 302 g/mol. The molecule has 4 nitrogen and oxygen atoms in total. The van der Waals surface area contributed by atoms with Crippen molar-refractivity contribution in [1.29, 1.82) is 0 Å². The summed E-state index contributed by atoms with van der Waals surface area (Å²) in [5.41, 5.74) is 1.36. The zero-order chi connectivity index (χ0) is 17.4. The lowest BCUT2D eigenvalue weighted by Gasteiger charge is -2.06. The highest BCUT2D eigenvalue weighted by molar-refractivity contribution is 6.53. The van der Waals surface area contributed by atoms with Crippen molar-refractivity contribution < 1.29 is 14.3 Å². The standard InChI is InChI=1S/C20H21NO3/c1-3-21-17-11-7-6-10-16(20(17)23)18(22)14-13-15-9-5-8-12-19(15)24-4-2/h5-10,12-14H,3-4,11H2,1-2H3/b14-13+,21-17?. The maximum absolute atomic E-state index is 12.4. The largest absolute Gasteiger partial charge is 0.493 e. The number of nitrogens with zero attached hydrogens (tertiary/aromatic N) is 1. The maximum Gasteiger partial charge on any atom is 0.210 e. The van der Waals surface area contributed by atoms with Crippen molar-refractivity contribution in [3.63, 3.8) is 0 Å². The van der Waals surface area contributed by atoms with E-state index >= 15 is 0 Å². The molecule has 0 atom stereocenters. The number of hydrogen-bond acceptors (Lipinski definition) is 4. The number of carbonyl (C=O) groups excluding carboxylic acids is 2. The first-order chi connectivity index (χ1) is 11.7. The van der Waals surface area contributed by atoms with Crippen LogP contribution in [-0.4, -0.2) is 30.4 Å². The van der Waals surface area contributed by atoms with Gasteiger partial charge in [-0.25, -0.2) is 0 Å². The lowest BCUT2D eigenvalue weighted by molar-refractivity contribution is -0.116. The first-order valence-electron chi connectivity index (χ1n) is 8.06. The molecule has 124 valence electrons. The molecule has 4 heteroatoms. The van der Waals surface area contributed by atoms with Crippen LogP contribution in [0.2, 0.25) is 0 Å². The summed E-state index contributed by atoms with van der Waals surface area (Å²) in [6, 6.07) is 7.46. The highest BCUT2D eigenvalue weighted by atomic mass is 16.5. The van der Waals surface area contributed by atoms with E-state index in [2.05, 4.69) is 4.99 Å². The van der Waals surface area contributed by atoms with Gasteiger partial charge in [-0.3, -0.25) is 14.6 Å². The molecule has 1 aliphatic rings. The average molecular weight is 323 g/mol. The quantitative estimate of drug-likeness (QED) is 0.594. The molecule has 0 aromatic heterocycles. The lowest BCUT2D eigenvalue weighted by atomic mass is 10.0. The van der Waals surface area contributed by atoms with Crippen LogP contribution in [0.5, 0.6) is 5.75 Å². The molecule has 1 aliphatic carbocycles. The molecule has 0 spiro atoms. The van der Waals surface area contributed by atoms with Gasteiger partial charge in [0.2, 0.25) is 5.78 Å². The van der Waals surface area contributed by atoms with Gasteiger partial charge in [0, 0.05) is 18.5 Å².